The van der Waals surface area contributed by atoms with Crippen LogP contribution in [0.2, 0.25) is 0 Å². The fourth-order valence-electron chi connectivity index (χ4n) is 10.6. The predicted octanol–water partition coefficient (Wildman–Crippen LogP) is 15.0. The van der Waals surface area contributed by atoms with Crippen LogP contribution in [-0.2, 0) is 6.42 Å². The van der Waals surface area contributed by atoms with Crippen LogP contribution in [0, 0.1) is 0 Å². The van der Waals surface area contributed by atoms with Gasteiger partial charge in [0.25, 0.3) is 0 Å². The number of nitrogens with zero attached hydrogens (tertiary/aromatic N) is 4. The number of rotatable bonds is 6. The van der Waals surface area contributed by atoms with E-state index in [4.69, 9.17) is 4.99 Å². The molecule has 0 saturated carbocycles. The number of hydrogen-bond acceptors (Lipinski definition) is 1. The summed E-state index contributed by atoms with van der Waals surface area (Å²) >= 11 is 0. The molecule has 63 heavy (non-hydrogen) atoms. The van der Waals surface area contributed by atoms with E-state index in [-0.39, 0.29) is 0 Å². The third kappa shape index (κ3) is 5.25. The zero-order valence-corrected chi connectivity index (χ0v) is 34.8. The van der Waals surface area contributed by atoms with Gasteiger partial charge in [-0.3, -0.25) is 4.99 Å². The molecule has 0 spiro atoms. The molecule has 1 aliphatic carbocycles. The molecule has 4 nitrogen and oxygen atoms in total. The maximum Gasteiger partial charge on any atom is 0.0641 e. The molecule has 0 N–H and O–H groups in total. The molecule has 0 radical (unpaired) electrons. The lowest BCUT2D eigenvalue weighted by Gasteiger charge is -2.12. The van der Waals surface area contributed by atoms with Crippen LogP contribution in [-0.4, -0.2) is 19.4 Å². The van der Waals surface area contributed by atoms with Crippen LogP contribution in [0.3, 0.4) is 0 Å². The summed E-state index contributed by atoms with van der Waals surface area (Å²) in [5.41, 5.74) is 19.7. The van der Waals surface area contributed by atoms with Crippen LogP contribution in [0.1, 0.15) is 29.2 Å². The predicted molar refractivity (Wildman–Crippen MR) is 265 cm³/mol. The summed E-state index contributed by atoms with van der Waals surface area (Å²) in [6.07, 6.45) is 0.850. The minimum Gasteiger partial charge on any atom is -0.309 e. The smallest absolute Gasteiger partial charge is 0.0641 e. The molecule has 12 aromatic rings. The normalized spacial score (nSPS) is 12.6. The van der Waals surface area contributed by atoms with E-state index in [0.717, 1.165) is 46.0 Å². The second-order valence-corrected chi connectivity index (χ2v) is 16.8. The highest BCUT2D eigenvalue weighted by molar-refractivity contribution is 6.26. The van der Waals surface area contributed by atoms with Gasteiger partial charge in [0, 0.05) is 60.7 Å². The Morgan fingerprint density at radius 2 is 1.03 bits per heavy atom. The monoisotopic (exact) mass is 804 g/mol. The van der Waals surface area contributed by atoms with E-state index in [1.54, 1.807) is 0 Å². The molecule has 1 aliphatic rings. The molecule has 0 saturated heterocycles. The zero-order chi connectivity index (χ0) is 41.8. The van der Waals surface area contributed by atoms with Crippen LogP contribution < -0.4 is 0 Å². The summed E-state index contributed by atoms with van der Waals surface area (Å²) in [6.45, 7) is 6.54. The van der Waals surface area contributed by atoms with Gasteiger partial charge >= 0.3 is 0 Å². The molecule has 296 valence electrons. The average Bonchev–Trinajstić information content (AvgIpc) is 4.08. The first-order valence-corrected chi connectivity index (χ1v) is 21.7. The number of hydrogen-bond donors (Lipinski definition) is 0. The molecule has 13 rings (SSSR count). The van der Waals surface area contributed by atoms with Crippen LogP contribution in [0.5, 0.6) is 0 Å². The molecule has 0 amide bonds. The van der Waals surface area contributed by atoms with Crippen molar-refractivity contribution >= 4 is 76.8 Å². The summed E-state index contributed by atoms with van der Waals surface area (Å²) in [5, 5.41) is 7.44. The summed E-state index contributed by atoms with van der Waals surface area (Å²) < 4.78 is 7.36. The Hall–Kier alpha value is -8.21. The minimum atomic E-state index is 0.795. The first kappa shape index (κ1) is 35.5. The molecule has 0 fully saturated rings. The van der Waals surface area contributed by atoms with Crippen LogP contribution in [0.15, 0.2) is 212 Å². The number of aromatic nitrogens is 3. The van der Waals surface area contributed by atoms with E-state index in [1.807, 2.05) is 6.07 Å². The van der Waals surface area contributed by atoms with E-state index >= 15 is 0 Å². The average molecular weight is 805 g/mol. The number of benzene rings is 9. The van der Waals surface area contributed by atoms with Crippen molar-refractivity contribution in [2.24, 2.45) is 4.99 Å². The van der Waals surface area contributed by atoms with Crippen molar-refractivity contribution in [2.45, 2.75) is 13.3 Å². The summed E-state index contributed by atoms with van der Waals surface area (Å²) in [6, 6.07) is 72.9. The maximum atomic E-state index is 5.01. The van der Waals surface area contributed by atoms with Gasteiger partial charge in [-0.25, -0.2) is 0 Å². The topological polar surface area (TPSA) is 27.1 Å². The first-order valence-electron chi connectivity index (χ1n) is 21.7. The first-order chi connectivity index (χ1) is 31.1. The molecular formula is C59H40N4. The third-order valence-electron chi connectivity index (χ3n) is 13.4. The van der Waals surface area contributed by atoms with Gasteiger partial charge < -0.3 is 13.7 Å². The SMILES string of the molecule is C=C(N=C(C)c1ccccc1)c1cccc2c1Cc1ccc(-n3c4ccccc4c4c3ccc3c5ccccc5n(-c5ccc6c(c5)c5ccccc5n6-c5ccccc5)c34)cc1-2. The Labute approximate surface area is 364 Å². The van der Waals surface area contributed by atoms with E-state index in [0.29, 0.717) is 0 Å². The van der Waals surface area contributed by atoms with Crippen molar-refractivity contribution in [3.05, 3.63) is 229 Å². The molecule has 0 atom stereocenters. The Morgan fingerprint density at radius 3 is 1.81 bits per heavy atom. The third-order valence-corrected chi connectivity index (χ3v) is 13.4. The number of para-hydroxylation sites is 4. The summed E-state index contributed by atoms with van der Waals surface area (Å²) in [4.78, 5) is 5.01. The van der Waals surface area contributed by atoms with Crippen LogP contribution in [0.25, 0.3) is 99.3 Å². The standard InChI is InChI=1S/C59H40N4/c1-37(39-16-5-3-6-17-39)60-38(2)44-23-15-24-45-50-35-42(29-28-40(50)34-51(44)45)62-55-27-14-11-22-49(55)58-57(62)33-31-48-46-20-9-13-26-54(46)63(59(48)58)43-30-32-56-52(36-43)47-21-10-12-25-53(47)61(56)41-18-7-4-8-19-41/h3-33,35-36H,2,34H2,1H3. The van der Waals surface area contributed by atoms with Gasteiger partial charge in [0.05, 0.1) is 38.8 Å². The lowest BCUT2D eigenvalue weighted by atomic mass is 9.99. The number of aliphatic imine (C=N–C) groups is 1. The van der Waals surface area contributed by atoms with Crippen LogP contribution in [0.4, 0.5) is 0 Å². The lowest BCUT2D eigenvalue weighted by Crippen LogP contribution is -1.97. The Kier molecular flexibility index (Phi) is 7.70. The second kappa shape index (κ2) is 13.7. The lowest BCUT2D eigenvalue weighted by molar-refractivity contribution is 1.16. The quantitative estimate of drug-likeness (QED) is 0.150. The van der Waals surface area contributed by atoms with Gasteiger partial charge in [-0.05, 0) is 108 Å². The second-order valence-electron chi connectivity index (χ2n) is 16.8. The van der Waals surface area contributed by atoms with Gasteiger partial charge in [0.2, 0.25) is 0 Å². The van der Waals surface area contributed by atoms with Crippen molar-refractivity contribution in [2.75, 3.05) is 0 Å². The van der Waals surface area contributed by atoms with Crippen molar-refractivity contribution in [1.29, 1.82) is 0 Å². The van der Waals surface area contributed by atoms with E-state index in [9.17, 15) is 0 Å². The molecule has 3 heterocycles. The molecule has 0 unspecified atom stereocenters. The molecule has 3 aromatic heterocycles. The fourth-order valence-corrected chi connectivity index (χ4v) is 10.6. The summed E-state index contributed by atoms with van der Waals surface area (Å²) in [7, 11) is 0. The van der Waals surface area contributed by atoms with Gasteiger partial charge in [-0.2, -0.15) is 0 Å². The van der Waals surface area contributed by atoms with Gasteiger partial charge in [-0.1, -0.05) is 140 Å². The Morgan fingerprint density at radius 1 is 0.444 bits per heavy atom. The van der Waals surface area contributed by atoms with Crippen molar-refractivity contribution < 1.29 is 0 Å². The highest BCUT2D eigenvalue weighted by Gasteiger charge is 2.25. The number of fused-ring (bicyclic) bond motifs is 13. The largest absolute Gasteiger partial charge is 0.309 e. The molecule has 0 aliphatic heterocycles. The Balaban J connectivity index is 1.01. The van der Waals surface area contributed by atoms with Crippen LogP contribution >= 0.6 is 0 Å². The Bertz CT molecular complexity index is 3890. The van der Waals surface area contributed by atoms with Crippen molar-refractivity contribution in [1.82, 2.24) is 13.7 Å². The molecule has 9 aromatic carbocycles. The highest BCUT2D eigenvalue weighted by atomic mass is 15.0. The van der Waals surface area contributed by atoms with Gasteiger partial charge in [0.15, 0.2) is 0 Å². The van der Waals surface area contributed by atoms with Gasteiger partial charge in [-0.15, -0.1) is 0 Å². The van der Waals surface area contributed by atoms with Gasteiger partial charge in [0.1, 0.15) is 0 Å². The molecular weight excluding hydrogens is 765 g/mol. The minimum absolute atomic E-state index is 0.795. The zero-order valence-electron chi connectivity index (χ0n) is 34.8. The van der Waals surface area contributed by atoms with E-state index in [2.05, 4.69) is 221 Å². The molecule has 4 heteroatoms. The summed E-state index contributed by atoms with van der Waals surface area (Å²) in [5.74, 6) is 0. The van der Waals surface area contributed by atoms with Crippen molar-refractivity contribution in [3.8, 4) is 28.2 Å². The van der Waals surface area contributed by atoms with E-state index in [1.165, 1.54) is 87.7 Å². The van der Waals surface area contributed by atoms with E-state index < -0.39 is 0 Å². The van der Waals surface area contributed by atoms with Crippen molar-refractivity contribution in [3.63, 3.8) is 0 Å². The maximum absolute atomic E-state index is 5.01. The highest BCUT2D eigenvalue weighted by Crippen LogP contribution is 2.45. The molecule has 0 bridgehead atoms. The fraction of sp³-hybridized carbons (Fsp3) is 0.0339.